The fourth-order valence-corrected chi connectivity index (χ4v) is 6.59. The predicted octanol–water partition coefficient (Wildman–Crippen LogP) is 4.33. The highest BCUT2D eigenvalue weighted by Gasteiger charge is 2.60. The van der Waals surface area contributed by atoms with Gasteiger partial charge < -0.3 is 5.32 Å². The van der Waals surface area contributed by atoms with E-state index < -0.39 is 0 Å². The van der Waals surface area contributed by atoms with E-state index >= 15 is 0 Å². The molecule has 7 atom stereocenters. The SMILES string of the molecule is C=C(C)CC1CC(C)C2CCC(C)C3([NH2+][CH2-])CCC(=C)C1C23. The third-order valence-corrected chi connectivity index (χ3v) is 7.57. The van der Waals surface area contributed by atoms with Gasteiger partial charge in [-0.3, -0.25) is 0 Å². The maximum atomic E-state index is 4.53. The zero-order valence-electron chi connectivity index (χ0n) is 14.9. The van der Waals surface area contributed by atoms with Gasteiger partial charge in [-0.05, 0) is 62.7 Å². The van der Waals surface area contributed by atoms with E-state index in [9.17, 15) is 0 Å². The van der Waals surface area contributed by atoms with E-state index in [2.05, 4.69) is 46.3 Å². The normalized spacial score (nSPS) is 47.9. The molecule has 7 unspecified atom stereocenters. The van der Waals surface area contributed by atoms with Crippen LogP contribution in [0.5, 0.6) is 0 Å². The van der Waals surface area contributed by atoms with E-state index in [4.69, 9.17) is 0 Å². The molecule has 0 heterocycles. The van der Waals surface area contributed by atoms with Crippen LogP contribution in [-0.4, -0.2) is 5.54 Å². The molecule has 0 aromatic heterocycles. The van der Waals surface area contributed by atoms with Crippen molar-refractivity contribution in [3.05, 3.63) is 31.4 Å². The Balaban J connectivity index is 2.02. The Morgan fingerprint density at radius 3 is 2.73 bits per heavy atom. The molecule has 124 valence electrons. The average molecular weight is 302 g/mol. The van der Waals surface area contributed by atoms with Crippen molar-refractivity contribution in [1.82, 2.24) is 0 Å². The summed E-state index contributed by atoms with van der Waals surface area (Å²) in [5, 5.41) is 2.36. The number of hydrogen-bond donors (Lipinski definition) is 1. The standard InChI is InChI=1S/C21H35N/c1-13(2)11-17-12-15(4)18-8-7-16(5)21(22-6)10-9-14(3)19(17)20(18)21/h15-20H,1,3,6-12,22H2,2,4-5H3. The lowest BCUT2D eigenvalue weighted by atomic mass is 9.45. The van der Waals surface area contributed by atoms with E-state index in [-0.39, 0.29) is 0 Å². The third-order valence-electron chi connectivity index (χ3n) is 7.57. The van der Waals surface area contributed by atoms with Crippen molar-refractivity contribution in [2.75, 3.05) is 0 Å². The molecule has 3 aliphatic carbocycles. The first-order valence-electron chi connectivity index (χ1n) is 9.36. The highest BCUT2D eigenvalue weighted by molar-refractivity contribution is 5.20. The fraction of sp³-hybridized carbons (Fsp3) is 0.762. The van der Waals surface area contributed by atoms with Crippen molar-refractivity contribution in [2.45, 2.75) is 64.8 Å². The second-order valence-electron chi connectivity index (χ2n) is 8.80. The minimum Gasteiger partial charge on any atom is -0.473 e. The summed E-state index contributed by atoms with van der Waals surface area (Å²) in [5.41, 5.74) is 3.26. The number of nitrogens with two attached hydrogens (primary N) is 1. The van der Waals surface area contributed by atoms with Crippen LogP contribution in [0.3, 0.4) is 0 Å². The van der Waals surface area contributed by atoms with E-state index in [1.165, 1.54) is 44.1 Å². The first-order chi connectivity index (χ1) is 10.4. The second-order valence-corrected chi connectivity index (χ2v) is 8.80. The molecule has 0 aromatic rings. The maximum Gasteiger partial charge on any atom is 0.0789 e. The molecule has 0 amide bonds. The molecule has 3 aliphatic rings. The van der Waals surface area contributed by atoms with E-state index in [0.717, 1.165) is 29.6 Å². The first kappa shape index (κ1) is 16.3. The Bertz CT molecular complexity index is 465. The third kappa shape index (κ3) is 2.31. The zero-order valence-corrected chi connectivity index (χ0v) is 14.9. The minimum absolute atomic E-state index is 0.372. The largest absolute Gasteiger partial charge is 0.473 e. The topological polar surface area (TPSA) is 16.6 Å². The summed E-state index contributed by atoms with van der Waals surface area (Å²) in [7, 11) is 4.33. The van der Waals surface area contributed by atoms with Crippen molar-refractivity contribution in [3.8, 4) is 0 Å². The summed E-state index contributed by atoms with van der Waals surface area (Å²) in [4.78, 5) is 0. The second kappa shape index (κ2) is 5.82. The van der Waals surface area contributed by atoms with Gasteiger partial charge in [-0.15, -0.1) is 6.58 Å². The van der Waals surface area contributed by atoms with Crippen molar-refractivity contribution >= 4 is 0 Å². The predicted molar refractivity (Wildman–Crippen MR) is 94.0 cm³/mol. The van der Waals surface area contributed by atoms with Crippen molar-refractivity contribution in [3.63, 3.8) is 0 Å². The summed E-state index contributed by atoms with van der Waals surface area (Å²) in [5.74, 6) is 4.81. The van der Waals surface area contributed by atoms with Gasteiger partial charge in [-0.1, -0.05) is 31.6 Å². The molecule has 3 saturated carbocycles. The molecule has 2 N–H and O–H groups in total. The van der Waals surface area contributed by atoms with Gasteiger partial charge in [-0.2, -0.15) is 7.05 Å². The molecular formula is C21H35N. The fourth-order valence-electron chi connectivity index (χ4n) is 6.59. The Labute approximate surface area is 137 Å². The van der Waals surface area contributed by atoms with Crippen LogP contribution in [0.25, 0.3) is 0 Å². The van der Waals surface area contributed by atoms with E-state index in [1.807, 2.05) is 0 Å². The van der Waals surface area contributed by atoms with Crippen LogP contribution < -0.4 is 5.32 Å². The monoisotopic (exact) mass is 301 g/mol. The number of quaternary nitrogens is 1. The average Bonchev–Trinajstić information content (AvgIpc) is 2.46. The van der Waals surface area contributed by atoms with Crippen LogP contribution in [0.2, 0.25) is 0 Å². The zero-order chi connectivity index (χ0) is 16.1. The molecule has 0 saturated heterocycles. The molecule has 0 aromatic carbocycles. The molecule has 0 bridgehead atoms. The van der Waals surface area contributed by atoms with E-state index in [0.29, 0.717) is 11.5 Å². The summed E-state index contributed by atoms with van der Waals surface area (Å²) >= 11 is 0. The lowest BCUT2D eigenvalue weighted by molar-refractivity contribution is -0.703. The number of rotatable bonds is 3. The molecule has 22 heavy (non-hydrogen) atoms. The smallest absolute Gasteiger partial charge is 0.0789 e. The molecule has 1 nitrogen and oxygen atoms in total. The Morgan fingerprint density at radius 1 is 1.36 bits per heavy atom. The van der Waals surface area contributed by atoms with Crippen molar-refractivity contribution in [1.29, 1.82) is 0 Å². The van der Waals surface area contributed by atoms with Gasteiger partial charge in [0.2, 0.25) is 0 Å². The van der Waals surface area contributed by atoms with Crippen LogP contribution in [-0.2, 0) is 0 Å². The summed E-state index contributed by atoms with van der Waals surface area (Å²) in [6, 6.07) is 0. The Morgan fingerprint density at radius 2 is 2.09 bits per heavy atom. The van der Waals surface area contributed by atoms with E-state index in [1.54, 1.807) is 5.57 Å². The van der Waals surface area contributed by atoms with Gasteiger partial charge in [0.1, 0.15) is 0 Å². The summed E-state index contributed by atoms with van der Waals surface area (Å²) in [6.07, 6.45) is 7.89. The van der Waals surface area contributed by atoms with Crippen LogP contribution in [0.15, 0.2) is 24.3 Å². The Hall–Kier alpha value is -0.560. The summed E-state index contributed by atoms with van der Waals surface area (Å²) in [6.45, 7) is 15.9. The van der Waals surface area contributed by atoms with Gasteiger partial charge in [0, 0.05) is 18.3 Å². The van der Waals surface area contributed by atoms with Crippen LogP contribution in [0.1, 0.15) is 59.3 Å². The maximum absolute atomic E-state index is 4.53. The van der Waals surface area contributed by atoms with Gasteiger partial charge in [0.25, 0.3) is 0 Å². The van der Waals surface area contributed by atoms with Gasteiger partial charge in [-0.25, -0.2) is 0 Å². The quantitative estimate of drug-likeness (QED) is 0.590. The minimum atomic E-state index is 0.372. The van der Waals surface area contributed by atoms with Crippen molar-refractivity contribution in [2.24, 2.45) is 35.5 Å². The molecular weight excluding hydrogens is 266 g/mol. The summed E-state index contributed by atoms with van der Waals surface area (Å²) < 4.78 is 0. The first-order valence-corrected chi connectivity index (χ1v) is 9.36. The van der Waals surface area contributed by atoms with Crippen LogP contribution in [0.4, 0.5) is 0 Å². The molecule has 0 spiro atoms. The highest BCUT2D eigenvalue weighted by atomic mass is 15.0. The number of allylic oxidation sites excluding steroid dienone is 2. The Kier molecular flexibility index (Phi) is 4.31. The molecule has 3 rings (SSSR count). The van der Waals surface area contributed by atoms with Gasteiger partial charge in [0.15, 0.2) is 0 Å². The lowest BCUT2D eigenvalue weighted by Crippen LogP contribution is -2.97. The molecule has 3 fully saturated rings. The van der Waals surface area contributed by atoms with Crippen LogP contribution in [0, 0.1) is 42.6 Å². The van der Waals surface area contributed by atoms with Crippen molar-refractivity contribution < 1.29 is 5.32 Å². The molecule has 0 aliphatic heterocycles. The molecule has 1 heteroatoms. The number of hydrogen-bond acceptors (Lipinski definition) is 0. The van der Waals surface area contributed by atoms with Gasteiger partial charge in [0.05, 0.1) is 5.54 Å². The highest BCUT2D eigenvalue weighted by Crippen LogP contribution is 2.60. The molecule has 0 radical (unpaired) electrons. The lowest BCUT2D eigenvalue weighted by Gasteiger charge is -2.62. The van der Waals surface area contributed by atoms with Crippen LogP contribution >= 0.6 is 0 Å². The van der Waals surface area contributed by atoms with Gasteiger partial charge >= 0.3 is 0 Å².